The molecule has 0 spiro atoms. The van der Waals surface area contributed by atoms with E-state index < -0.39 is 5.60 Å². The largest absolute Gasteiger partial charge is 0.493 e. The van der Waals surface area contributed by atoms with E-state index in [2.05, 4.69) is 15.9 Å². The fraction of sp³-hybridized carbons (Fsp3) is 0.417. The van der Waals surface area contributed by atoms with Gasteiger partial charge in [0.05, 0.1) is 17.8 Å². The first-order valence-electron chi connectivity index (χ1n) is 5.02. The minimum atomic E-state index is -0.753. The van der Waals surface area contributed by atoms with Crippen LogP contribution in [0.4, 0.5) is 0 Å². The number of carbonyl (C=O) groups is 1. The van der Waals surface area contributed by atoms with E-state index in [-0.39, 0.29) is 0 Å². The molecular weight excluding hydrogens is 272 g/mol. The van der Waals surface area contributed by atoms with Crippen molar-refractivity contribution in [1.82, 2.24) is 0 Å². The van der Waals surface area contributed by atoms with Crippen molar-refractivity contribution in [3.05, 3.63) is 28.2 Å². The van der Waals surface area contributed by atoms with Crippen LogP contribution in [0.25, 0.3) is 0 Å². The van der Waals surface area contributed by atoms with Crippen molar-refractivity contribution in [2.75, 3.05) is 6.61 Å². The molecule has 0 atom stereocenters. The number of aliphatic hydroxyl groups is 1. The van der Waals surface area contributed by atoms with E-state index in [1.54, 1.807) is 26.0 Å². The van der Waals surface area contributed by atoms with Crippen LogP contribution in [0.2, 0.25) is 0 Å². The summed E-state index contributed by atoms with van der Waals surface area (Å²) >= 11 is 3.28. The average molecular weight is 287 g/mol. The van der Waals surface area contributed by atoms with Crippen LogP contribution < -0.4 is 4.74 Å². The van der Waals surface area contributed by atoms with Crippen molar-refractivity contribution in [3.63, 3.8) is 0 Å². The molecule has 88 valence electrons. The molecule has 0 bridgehead atoms. The summed E-state index contributed by atoms with van der Waals surface area (Å²) in [4.78, 5) is 10.8. The van der Waals surface area contributed by atoms with Crippen molar-refractivity contribution in [2.45, 2.75) is 25.9 Å². The lowest BCUT2D eigenvalue weighted by molar-refractivity contribution is 0.0552. The molecule has 0 unspecified atom stereocenters. The van der Waals surface area contributed by atoms with Gasteiger partial charge in [-0.15, -0.1) is 0 Å². The Morgan fingerprint density at radius 1 is 1.50 bits per heavy atom. The van der Waals surface area contributed by atoms with E-state index in [4.69, 9.17) is 4.74 Å². The maximum Gasteiger partial charge on any atom is 0.153 e. The van der Waals surface area contributed by atoms with Gasteiger partial charge in [-0.1, -0.05) is 15.9 Å². The highest BCUT2D eigenvalue weighted by Crippen LogP contribution is 2.22. The van der Waals surface area contributed by atoms with Gasteiger partial charge in [0.2, 0.25) is 0 Å². The van der Waals surface area contributed by atoms with Crippen LogP contribution >= 0.6 is 15.9 Å². The van der Waals surface area contributed by atoms with Gasteiger partial charge >= 0.3 is 0 Å². The maximum atomic E-state index is 10.8. The van der Waals surface area contributed by atoms with Crippen LogP contribution in [0.1, 0.15) is 30.6 Å². The van der Waals surface area contributed by atoms with Crippen LogP contribution in [0.5, 0.6) is 5.75 Å². The SMILES string of the molecule is CC(C)(O)CCOc1ccc(Br)cc1C=O. The molecule has 0 aliphatic heterocycles. The second-order valence-corrected chi connectivity index (χ2v) is 5.13. The van der Waals surface area contributed by atoms with Crippen LogP contribution in [0, 0.1) is 0 Å². The highest BCUT2D eigenvalue weighted by atomic mass is 79.9. The lowest BCUT2D eigenvalue weighted by atomic mass is 10.1. The molecule has 16 heavy (non-hydrogen) atoms. The second-order valence-electron chi connectivity index (χ2n) is 4.21. The molecule has 0 aromatic heterocycles. The van der Waals surface area contributed by atoms with E-state index in [9.17, 15) is 9.90 Å². The molecular formula is C12H15BrO3. The Morgan fingerprint density at radius 2 is 2.19 bits per heavy atom. The predicted molar refractivity (Wildman–Crippen MR) is 65.9 cm³/mol. The molecule has 3 nitrogen and oxygen atoms in total. The summed E-state index contributed by atoms with van der Waals surface area (Å²) in [5.41, 5.74) is -0.249. The Morgan fingerprint density at radius 3 is 2.75 bits per heavy atom. The zero-order chi connectivity index (χ0) is 12.2. The Labute approximate surface area is 104 Å². The summed E-state index contributed by atoms with van der Waals surface area (Å²) < 4.78 is 6.28. The first-order chi connectivity index (χ1) is 7.42. The fourth-order valence-electron chi connectivity index (χ4n) is 1.15. The number of benzene rings is 1. The molecule has 0 saturated heterocycles. The molecule has 0 aliphatic carbocycles. The number of hydrogen-bond donors (Lipinski definition) is 1. The summed E-state index contributed by atoms with van der Waals surface area (Å²) in [5, 5.41) is 9.51. The third-order valence-corrected chi connectivity index (χ3v) is 2.56. The summed E-state index contributed by atoms with van der Waals surface area (Å²) in [6, 6.07) is 5.25. The minimum Gasteiger partial charge on any atom is -0.493 e. The quantitative estimate of drug-likeness (QED) is 0.847. The molecule has 0 saturated carbocycles. The second kappa shape index (κ2) is 5.46. The van der Waals surface area contributed by atoms with Gasteiger partial charge in [-0.25, -0.2) is 0 Å². The molecule has 1 rings (SSSR count). The van der Waals surface area contributed by atoms with Gasteiger partial charge < -0.3 is 9.84 Å². The molecule has 0 aliphatic rings. The smallest absolute Gasteiger partial charge is 0.153 e. The Kier molecular flexibility index (Phi) is 4.50. The molecule has 0 heterocycles. The molecule has 0 fully saturated rings. The van der Waals surface area contributed by atoms with Crippen LogP contribution in [-0.4, -0.2) is 23.6 Å². The van der Waals surface area contributed by atoms with Gasteiger partial charge in [-0.2, -0.15) is 0 Å². The van der Waals surface area contributed by atoms with Gasteiger partial charge in [-0.05, 0) is 32.0 Å². The number of carbonyl (C=O) groups excluding carboxylic acids is 1. The van der Waals surface area contributed by atoms with Crippen LogP contribution in [-0.2, 0) is 0 Å². The minimum absolute atomic E-state index is 0.381. The number of rotatable bonds is 5. The molecule has 4 heteroatoms. The monoisotopic (exact) mass is 286 g/mol. The van der Waals surface area contributed by atoms with E-state index >= 15 is 0 Å². The standard InChI is InChI=1S/C12H15BrO3/c1-12(2,15)5-6-16-11-4-3-10(13)7-9(11)8-14/h3-4,7-8,15H,5-6H2,1-2H3. The lowest BCUT2D eigenvalue weighted by Gasteiger charge is -2.17. The van der Waals surface area contributed by atoms with Crippen molar-refractivity contribution >= 4 is 22.2 Å². The zero-order valence-corrected chi connectivity index (χ0v) is 11.0. The van der Waals surface area contributed by atoms with Crippen molar-refractivity contribution < 1.29 is 14.6 Å². The molecule has 1 aromatic rings. The van der Waals surface area contributed by atoms with Gasteiger partial charge in [0.15, 0.2) is 6.29 Å². The van der Waals surface area contributed by atoms with E-state index in [0.29, 0.717) is 24.3 Å². The normalized spacial score (nSPS) is 11.2. The summed E-state index contributed by atoms with van der Waals surface area (Å²) in [7, 11) is 0. The topological polar surface area (TPSA) is 46.5 Å². The molecule has 1 aromatic carbocycles. The molecule has 0 radical (unpaired) electrons. The number of aldehydes is 1. The van der Waals surface area contributed by atoms with E-state index in [0.717, 1.165) is 10.8 Å². The highest BCUT2D eigenvalue weighted by Gasteiger charge is 2.12. The van der Waals surface area contributed by atoms with Crippen molar-refractivity contribution in [1.29, 1.82) is 0 Å². The van der Waals surface area contributed by atoms with Crippen molar-refractivity contribution in [2.24, 2.45) is 0 Å². The predicted octanol–water partition coefficient (Wildman–Crippen LogP) is 2.80. The van der Waals surface area contributed by atoms with Gasteiger partial charge in [0.1, 0.15) is 5.75 Å². The number of ether oxygens (including phenoxy) is 1. The highest BCUT2D eigenvalue weighted by molar-refractivity contribution is 9.10. The maximum absolute atomic E-state index is 10.8. The van der Waals surface area contributed by atoms with E-state index in [1.165, 1.54) is 0 Å². The summed E-state index contributed by atoms with van der Waals surface area (Å²) in [5.74, 6) is 0.544. The third-order valence-electron chi connectivity index (χ3n) is 2.07. The first-order valence-corrected chi connectivity index (χ1v) is 5.81. The number of halogens is 1. The van der Waals surface area contributed by atoms with Crippen LogP contribution in [0.3, 0.4) is 0 Å². The van der Waals surface area contributed by atoms with E-state index in [1.807, 2.05) is 6.07 Å². The zero-order valence-electron chi connectivity index (χ0n) is 9.37. The Bertz CT molecular complexity index is 369. The Balaban J connectivity index is 2.63. The summed E-state index contributed by atoms with van der Waals surface area (Å²) in [6.07, 6.45) is 1.27. The van der Waals surface area contributed by atoms with Gasteiger partial charge in [0.25, 0.3) is 0 Å². The van der Waals surface area contributed by atoms with Crippen molar-refractivity contribution in [3.8, 4) is 5.75 Å². The van der Waals surface area contributed by atoms with Crippen LogP contribution in [0.15, 0.2) is 22.7 Å². The summed E-state index contributed by atoms with van der Waals surface area (Å²) in [6.45, 7) is 3.82. The fourth-order valence-corrected chi connectivity index (χ4v) is 1.53. The average Bonchev–Trinajstić information content (AvgIpc) is 2.18. The molecule has 1 N–H and O–H groups in total. The van der Waals surface area contributed by atoms with Gasteiger partial charge in [0, 0.05) is 10.9 Å². The molecule has 0 amide bonds. The lowest BCUT2D eigenvalue weighted by Crippen LogP contribution is -2.22. The first kappa shape index (κ1) is 13.2. The Hall–Kier alpha value is -0.870. The number of hydrogen-bond acceptors (Lipinski definition) is 3. The third kappa shape index (κ3) is 4.33. The van der Waals surface area contributed by atoms with Gasteiger partial charge in [-0.3, -0.25) is 4.79 Å².